The van der Waals surface area contributed by atoms with E-state index in [1.165, 1.54) is 6.26 Å². The smallest absolute Gasteiger partial charge is 0.302 e. The summed E-state index contributed by atoms with van der Waals surface area (Å²) in [5.41, 5.74) is -0.435. The van der Waals surface area contributed by atoms with Gasteiger partial charge in [-0.25, -0.2) is 0 Å². The Hall–Kier alpha value is -1.76. The summed E-state index contributed by atoms with van der Waals surface area (Å²) in [7, 11) is 0. The molecule has 0 aliphatic heterocycles. The third-order valence-corrected chi connectivity index (χ3v) is 1.94. The third kappa shape index (κ3) is 1.27. The molecule has 0 saturated carbocycles. The van der Waals surface area contributed by atoms with Gasteiger partial charge in [0.1, 0.15) is 0 Å². The van der Waals surface area contributed by atoms with Gasteiger partial charge in [0.2, 0.25) is 5.16 Å². The highest BCUT2D eigenvalue weighted by atomic mass is 32.1. The maximum Gasteiger partial charge on any atom is 0.302 e. The molecular weight excluding hydrogens is 204 g/mol. The fraction of sp³-hybridized carbons (Fsp3) is 0. The zero-order chi connectivity index (χ0) is 10.1. The maximum atomic E-state index is 11.5. The summed E-state index contributed by atoms with van der Waals surface area (Å²) < 4.78 is 5.80. The van der Waals surface area contributed by atoms with E-state index in [0.29, 0.717) is 5.76 Å². The van der Waals surface area contributed by atoms with Crippen LogP contribution < -0.4 is 11.4 Å². The van der Waals surface area contributed by atoms with Gasteiger partial charge in [-0.1, -0.05) is 0 Å². The van der Waals surface area contributed by atoms with E-state index >= 15 is 0 Å². The molecular formula is C7H6N4O2S. The van der Waals surface area contributed by atoms with Gasteiger partial charge in [0.25, 0.3) is 0 Å². The molecule has 7 heteroatoms. The third-order valence-electron chi connectivity index (χ3n) is 1.63. The predicted octanol–water partition coefficient (Wildman–Crippen LogP) is -0.0992. The van der Waals surface area contributed by atoms with E-state index in [0.717, 1.165) is 4.68 Å². The van der Waals surface area contributed by atoms with E-state index < -0.39 is 5.56 Å². The Labute approximate surface area is 83.7 Å². The van der Waals surface area contributed by atoms with Gasteiger partial charge in [0, 0.05) is 0 Å². The highest BCUT2D eigenvalue weighted by molar-refractivity contribution is 7.80. The van der Waals surface area contributed by atoms with E-state index in [1.807, 2.05) is 0 Å². The number of rotatable bonds is 1. The SMILES string of the molecule is Nn1c(S)nnc(-c2ccco2)c1=O. The molecule has 0 aromatic carbocycles. The number of hydrogen-bond donors (Lipinski definition) is 2. The number of nitrogens with two attached hydrogens (primary N) is 1. The summed E-state index contributed by atoms with van der Waals surface area (Å²) in [5, 5.41) is 7.28. The summed E-state index contributed by atoms with van der Waals surface area (Å²) in [6.07, 6.45) is 1.44. The Balaban J connectivity index is 2.68. The summed E-state index contributed by atoms with van der Waals surface area (Å²) in [4.78, 5) is 11.5. The first kappa shape index (κ1) is 8.82. The molecule has 0 atom stereocenters. The van der Waals surface area contributed by atoms with Crippen molar-refractivity contribution in [3.05, 3.63) is 28.7 Å². The molecule has 2 rings (SSSR count). The second-order valence-corrected chi connectivity index (χ2v) is 2.90. The van der Waals surface area contributed by atoms with Gasteiger partial charge in [-0.05, 0) is 12.1 Å². The van der Waals surface area contributed by atoms with E-state index in [2.05, 4.69) is 22.8 Å². The molecule has 0 unspecified atom stereocenters. The van der Waals surface area contributed by atoms with Crippen LogP contribution in [0.25, 0.3) is 11.5 Å². The highest BCUT2D eigenvalue weighted by Gasteiger charge is 2.11. The number of nitrogens with zero attached hydrogens (tertiary/aromatic N) is 3. The van der Waals surface area contributed by atoms with Gasteiger partial charge < -0.3 is 10.3 Å². The molecule has 0 saturated heterocycles. The monoisotopic (exact) mass is 210 g/mol. The molecule has 0 amide bonds. The minimum Gasteiger partial charge on any atom is -0.462 e. The maximum absolute atomic E-state index is 11.5. The topological polar surface area (TPSA) is 86.9 Å². The Morgan fingerprint density at radius 1 is 1.50 bits per heavy atom. The zero-order valence-corrected chi connectivity index (χ0v) is 7.81. The lowest BCUT2D eigenvalue weighted by Crippen LogP contribution is -2.31. The van der Waals surface area contributed by atoms with Crippen LogP contribution in [0.3, 0.4) is 0 Å². The van der Waals surface area contributed by atoms with E-state index in [-0.39, 0.29) is 10.9 Å². The summed E-state index contributed by atoms with van der Waals surface area (Å²) in [5.74, 6) is 5.70. The van der Waals surface area contributed by atoms with Crippen LogP contribution >= 0.6 is 12.6 Å². The second-order valence-electron chi connectivity index (χ2n) is 2.50. The van der Waals surface area contributed by atoms with Gasteiger partial charge in [-0.15, -0.1) is 22.8 Å². The molecule has 2 heterocycles. The molecule has 2 N–H and O–H groups in total. The summed E-state index contributed by atoms with van der Waals surface area (Å²) in [6.45, 7) is 0. The molecule has 0 aliphatic rings. The lowest BCUT2D eigenvalue weighted by molar-refractivity contribution is 0.572. The molecule has 72 valence electrons. The zero-order valence-electron chi connectivity index (χ0n) is 6.91. The Bertz CT molecular complexity index is 505. The molecule has 0 spiro atoms. The number of aromatic nitrogens is 3. The van der Waals surface area contributed by atoms with Crippen LogP contribution in [0.5, 0.6) is 0 Å². The van der Waals surface area contributed by atoms with Crippen molar-refractivity contribution in [2.75, 3.05) is 5.84 Å². The molecule has 0 aliphatic carbocycles. The van der Waals surface area contributed by atoms with Crippen LogP contribution in [-0.2, 0) is 0 Å². The largest absolute Gasteiger partial charge is 0.462 e. The first-order chi connectivity index (χ1) is 6.70. The quantitative estimate of drug-likeness (QED) is 0.507. The lowest BCUT2D eigenvalue weighted by atomic mass is 10.3. The van der Waals surface area contributed by atoms with Crippen LogP contribution in [0.15, 0.2) is 32.8 Å². The second kappa shape index (κ2) is 3.18. The van der Waals surface area contributed by atoms with Crippen molar-refractivity contribution in [2.45, 2.75) is 5.16 Å². The number of nitrogen functional groups attached to an aromatic ring is 1. The number of furan rings is 1. The fourth-order valence-corrected chi connectivity index (χ4v) is 1.09. The van der Waals surface area contributed by atoms with Crippen LogP contribution in [0.4, 0.5) is 0 Å². The standard InChI is InChI=1S/C7H6N4O2S/c8-11-6(12)5(9-10-7(11)14)4-2-1-3-13-4/h1-3H,8H2,(H,10,14). The van der Waals surface area contributed by atoms with Gasteiger partial charge in [0.05, 0.1) is 6.26 Å². The predicted molar refractivity (Wildman–Crippen MR) is 51.4 cm³/mol. The normalized spacial score (nSPS) is 10.4. The van der Waals surface area contributed by atoms with Crippen molar-refractivity contribution in [3.63, 3.8) is 0 Å². The first-order valence-corrected chi connectivity index (χ1v) is 4.12. The van der Waals surface area contributed by atoms with Crippen molar-refractivity contribution in [1.82, 2.24) is 14.9 Å². The summed E-state index contributed by atoms with van der Waals surface area (Å²) in [6, 6.07) is 3.25. The Morgan fingerprint density at radius 3 is 2.93 bits per heavy atom. The van der Waals surface area contributed by atoms with Crippen molar-refractivity contribution >= 4 is 12.6 Å². The van der Waals surface area contributed by atoms with Crippen LogP contribution in [0.1, 0.15) is 0 Å². The lowest BCUT2D eigenvalue weighted by Gasteiger charge is -2.00. The van der Waals surface area contributed by atoms with Gasteiger partial charge >= 0.3 is 5.56 Å². The van der Waals surface area contributed by atoms with Gasteiger partial charge in [0.15, 0.2) is 11.5 Å². The first-order valence-electron chi connectivity index (χ1n) is 3.68. The summed E-state index contributed by atoms with van der Waals surface area (Å²) >= 11 is 3.85. The fourth-order valence-electron chi connectivity index (χ4n) is 0.959. The van der Waals surface area contributed by atoms with Gasteiger partial charge in [-0.2, -0.15) is 4.68 Å². The Kier molecular flexibility index (Phi) is 2.01. The molecule has 2 aromatic heterocycles. The van der Waals surface area contributed by atoms with Crippen molar-refractivity contribution < 1.29 is 4.42 Å². The molecule has 2 aromatic rings. The molecule has 14 heavy (non-hydrogen) atoms. The van der Waals surface area contributed by atoms with Crippen molar-refractivity contribution in [1.29, 1.82) is 0 Å². The minimum absolute atomic E-state index is 0.0466. The molecule has 0 radical (unpaired) electrons. The van der Waals surface area contributed by atoms with Crippen molar-refractivity contribution in [2.24, 2.45) is 0 Å². The Morgan fingerprint density at radius 2 is 2.29 bits per heavy atom. The van der Waals surface area contributed by atoms with E-state index in [4.69, 9.17) is 10.3 Å². The molecule has 6 nitrogen and oxygen atoms in total. The van der Waals surface area contributed by atoms with E-state index in [1.54, 1.807) is 12.1 Å². The van der Waals surface area contributed by atoms with Crippen LogP contribution in [0.2, 0.25) is 0 Å². The number of thiol groups is 1. The van der Waals surface area contributed by atoms with Crippen molar-refractivity contribution in [3.8, 4) is 11.5 Å². The minimum atomic E-state index is -0.500. The van der Waals surface area contributed by atoms with E-state index in [9.17, 15) is 4.79 Å². The molecule has 0 fully saturated rings. The van der Waals surface area contributed by atoms with Crippen LogP contribution in [0, 0.1) is 0 Å². The van der Waals surface area contributed by atoms with Crippen LogP contribution in [-0.4, -0.2) is 14.9 Å². The molecule has 0 bridgehead atoms. The number of hydrogen-bond acceptors (Lipinski definition) is 6. The average Bonchev–Trinajstić information content (AvgIpc) is 2.67. The highest BCUT2D eigenvalue weighted by Crippen LogP contribution is 2.12. The van der Waals surface area contributed by atoms with Gasteiger partial charge in [-0.3, -0.25) is 4.79 Å². The average molecular weight is 210 g/mol.